The summed E-state index contributed by atoms with van der Waals surface area (Å²) in [6.07, 6.45) is 1.06. The fraction of sp³-hybridized carbons (Fsp3) is 0.235. The summed E-state index contributed by atoms with van der Waals surface area (Å²) in [5.74, 6) is -0.518. The predicted octanol–water partition coefficient (Wildman–Crippen LogP) is 4.10. The Hall–Kier alpha value is -1.76. The number of nitrogens with zero attached hydrogens (tertiary/aromatic N) is 1. The van der Waals surface area contributed by atoms with Gasteiger partial charge in [-0.15, -0.1) is 0 Å². The van der Waals surface area contributed by atoms with E-state index in [-0.39, 0.29) is 5.02 Å². The minimum absolute atomic E-state index is 0.200. The van der Waals surface area contributed by atoms with Gasteiger partial charge >= 0.3 is 0 Å². The number of hydrogen-bond acceptors (Lipinski definition) is 3. The lowest BCUT2D eigenvalue weighted by Gasteiger charge is -2.28. The molecule has 2 rings (SSSR count). The van der Waals surface area contributed by atoms with Crippen LogP contribution in [0.3, 0.4) is 0 Å². The lowest BCUT2D eigenvalue weighted by Crippen LogP contribution is -2.45. The fourth-order valence-corrected chi connectivity index (χ4v) is 3.86. The number of sulfonamides is 1. The molecule has 8 heteroatoms. The first kappa shape index (κ1) is 19.6. The van der Waals surface area contributed by atoms with Gasteiger partial charge in [0.15, 0.2) is 0 Å². The highest BCUT2D eigenvalue weighted by atomic mass is 35.5. The summed E-state index contributed by atoms with van der Waals surface area (Å²) in [4.78, 5) is 12.6. The number of aryl methyl sites for hydroxylation is 1. The molecule has 25 heavy (non-hydrogen) atoms. The Labute approximate surface area is 157 Å². The topological polar surface area (TPSA) is 66.5 Å². The zero-order valence-electron chi connectivity index (χ0n) is 14.0. The van der Waals surface area contributed by atoms with E-state index in [4.69, 9.17) is 23.2 Å². The first-order valence-electron chi connectivity index (χ1n) is 7.42. The summed E-state index contributed by atoms with van der Waals surface area (Å²) in [5.41, 5.74) is 1.72. The summed E-state index contributed by atoms with van der Waals surface area (Å²) >= 11 is 12.0. The molecule has 0 heterocycles. The highest BCUT2D eigenvalue weighted by Crippen LogP contribution is 2.30. The molecule has 0 bridgehead atoms. The molecule has 134 valence electrons. The van der Waals surface area contributed by atoms with Crippen LogP contribution in [0, 0.1) is 6.92 Å². The van der Waals surface area contributed by atoms with Crippen LogP contribution in [-0.2, 0) is 14.8 Å². The van der Waals surface area contributed by atoms with Crippen molar-refractivity contribution in [2.45, 2.75) is 19.9 Å². The maximum Gasteiger partial charge on any atom is 0.248 e. The Morgan fingerprint density at radius 1 is 1.12 bits per heavy atom. The Morgan fingerprint density at radius 2 is 1.72 bits per heavy atom. The van der Waals surface area contributed by atoms with Gasteiger partial charge < -0.3 is 5.32 Å². The minimum Gasteiger partial charge on any atom is -0.323 e. The van der Waals surface area contributed by atoms with Crippen molar-refractivity contribution in [1.82, 2.24) is 0 Å². The van der Waals surface area contributed by atoms with Crippen molar-refractivity contribution in [2.75, 3.05) is 15.9 Å². The number of hydrogen-bond donors (Lipinski definition) is 1. The summed E-state index contributed by atoms with van der Waals surface area (Å²) in [6.45, 7) is 3.40. The average Bonchev–Trinajstić information content (AvgIpc) is 2.52. The molecule has 1 N–H and O–H groups in total. The monoisotopic (exact) mass is 400 g/mol. The number of anilines is 2. The SMILES string of the molecule is Cc1ccc(N([C@@H](C)C(=O)Nc2cccc(Cl)c2Cl)S(C)(=O)=O)cc1. The maximum atomic E-state index is 12.6. The zero-order chi connectivity index (χ0) is 18.8. The fourth-order valence-electron chi connectivity index (χ4n) is 2.34. The molecule has 0 aromatic heterocycles. The minimum atomic E-state index is -3.67. The van der Waals surface area contributed by atoms with Crippen LogP contribution in [0.15, 0.2) is 42.5 Å². The maximum absolute atomic E-state index is 12.6. The summed E-state index contributed by atoms with van der Waals surface area (Å²) in [5, 5.41) is 3.12. The van der Waals surface area contributed by atoms with Crippen LogP contribution in [0.5, 0.6) is 0 Å². The van der Waals surface area contributed by atoms with Crippen molar-refractivity contribution in [3.8, 4) is 0 Å². The molecule has 0 saturated heterocycles. The molecular formula is C17H18Cl2N2O3S. The quantitative estimate of drug-likeness (QED) is 0.821. The molecule has 5 nitrogen and oxygen atoms in total. The van der Waals surface area contributed by atoms with Crippen molar-refractivity contribution in [2.24, 2.45) is 0 Å². The van der Waals surface area contributed by atoms with Gasteiger partial charge in [-0.1, -0.05) is 47.0 Å². The average molecular weight is 401 g/mol. The smallest absolute Gasteiger partial charge is 0.248 e. The molecule has 0 fully saturated rings. The van der Waals surface area contributed by atoms with Gasteiger partial charge in [-0.25, -0.2) is 8.42 Å². The lowest BCUT2D eigenvalue weighted by atomic mass is 10.2. The number of carbonyl (C=O) groups is 1. The molecule has 0 aliphatic heterocycles. The molecule has 1 atom stereocenters. The van der Waals surface area contributed by atoms with E-state index in [1.165, 1.54) is 6.92 Å². The van der Waals surface area contributed by atoms with Crippen LogP contribution < -0.4 is 9.62 Å². The summed E-state index contributed by atoms with van der Waals surface area (Å²) < 4.78 is 25.5. The molecule has 0 radical (unpaired) electrons. The van der Waals surface area contributed by atoms with E-state index in [1.807, 2.05) is 6.92 Å². The van der Waals surface area contributed by atoms with Crippen LogP contribution in [0.1, 0.15) is 12.5 Å². The van der Waals surface area contributed by atoms with E-state index in [2.05, 4.69) is 5.32 Å². The van der Waals surface area contributed by atoms with Gasteiger partial charge in [0.05, 0.1) is 27.7 Å². The normalized spacial score (nSPS) is 12.5. The van der Waals surface area contributed by atoms with Gasteiger partial charge in [0.1, 0.15) is 6.04 Å². The first-order chi connectivity index (χ1) is 11.6. The van der Waals surface area contributed by atoms with Crippen molar-refractivity contribution in [3.05, 3.63) is 58.1 Å². The number of rotatable bonds is 5. The van der Waals surface area contributed by atoms with Gasteiger partial charge in [-0.3, -0.25) is 9.10 Å². The molecule has 0 aliphatic rings. The zero-order valence-corrected chi connectivity index (χ0v) is 16.3. The van der Waals surface area contributed by atoms with Crippen LogP contribution >= 0.6 is 23.2 Å². The Balaban J connectivity index is 2.33. The highest BCUT2D eigenvalue weighted by Gasteiger charge is 2.29. The molecule has 2 aromatic rings. The van der Waals surface area contributed by atoms with Crippen LogP contribution in [0.4, 0.5) is 11.4 Å². The van der Waals surface area contributed by atoms with E-state index in [0.29, 0.717) is 16.4 Å². The molecule has 2 aromatic carbocycles. The third kappa shape index (κ3) is 4.66. The van der Waals surface area contributed by atoms with Crippen LogP contribution in [-0.4, -0.2) is 26.6 Å². The van der Waals surface area contributed by atoms with Gasteiger partial charge in [0.2, 0.25) is 15.9 Å². The van der Waals surface area contributed by atoms with Crippen LogP contribution in [0.2, 0.25) is 10.0 Å². The largest absolute Gasteiger partial charge is 0.323 e. The molecule has 0 saturated carbocycles. The molecule has 0 spiro atoms. The predicted molar refractivity (Wildman–Crippen MR) is 103 cm³/mol. The second-order valence-electron chi connectivity index (χ2n) is 5.66. The standard InChI is InChI=1S/C17H18Cl2N2O3S/c1-11-7-9-13(10-8-11)21(25(3,23)24)12(2)17(22)20-15-6-4-5-14(18)16(15)19/h4-10,12H,1-3H3,(H,20,22)/t12-/m0/s1. The summed E-state index contributed by atoms with van der Waals surface area (Å²) in [7, 11) is -3.67. The molecule has 0 unspecified atom stereocenters. The van der Waals surface area contributed by atoms with Gasteiger partial charge in [-0.05, 0) is 38.1 Å². The van der Waals surface area contributed by atoms with E-state index in [1.54, 1.807) is 42.5 Å². The second-order valence-corrected chi connectivity index (χ2v) is 8.31. The summed E-state index contributed by atoms with van der Waals surface area (Å²) in [6, 6.07) is 10.7. The Morgan fingerprint density at radius 3 is 2.28 bits per heavy atom. The molecular weight excluding hydrogens is 383 g/mol. The second kappa shape index (κ2) is 7.64. The van der Waals surface area contributed by atoms with E-state index < -0.39 is 22.0 Å². The van der Waals surface area contributed by atoms with Crippen molar-refractivity contribution in [1.29, 1.82) is 0 Å². The van der Waals surface area contributed by atoms with Crippen molar-refractivity contribution in [3.63, 3.8) is 0 Å². The third-order valence-electron chi connectivity index (χ3n) is 3.59. The van der Waals surface area contributed by atoms with E-state index >= 15 is 0 Å². The van der Waals surface area contributed by atoms with Crippen molar-refractivity contribution < 1.29 is 13.2 Å². The molecule has 1 amide bonds. The van der Waals surface area contributed by atoms with Crippen molar-refractivity contribution >= 4 is 50.5 Å². The Kier molecular flexibility index (Phi) is 5.98. The number of amides is 1. The van der Waals surface area contributed by atoms with Gasteiger partial charge in [-0.2, -0.15) is 0 Å². The number of nitrogens with one attached hydrogen (secondary N) is 1. The van der Waals surface area contributed by atoms with Gasteiger partial charge in [0.25, 0.3) is 0 Å². The number of benzene rings is 2. The van der Waals surface area contributed by atoms with Crippen LogP contribution in [0.25, 0.3) is 0 Å². The molecule has 0 aliphatic carbocycles. The van der Waals surface area contributed by atoms with Gasteiger partial charge in [0, 0.05) is 0 Å². The highest BCUT2D eigenvalue weighted by molar-refractivity contribution is 7.92. The number of carbonyl (C=O) groups excluding carboxylic acids is 1. The first-order valence-corrected chi connectivity index (χ1v) is 10.0. The third-order valence-corrected chi connectivity index (χ3v) is 5.65. The lowest BCUT2D eigenvalue weighted by molar-refractivity contribution is -0.116. The number of halogens is 2. The Bertz CT molecular complexity index is 883. The van der Waals surface area contributed by atoms with E-state index in [9.17, 15) is 13.2 Å². The van der Waals surface area contributed by atoms with E-state index in [0.717, 1.165) is 16.1 Å².